The Hall–Kier alpha value is -3.90. The van der Waals surface area contributed by atoms with E-state index in [1.807, 2.05) is 0 Å². The minimum Gasteiger partial charge on any atom is -0.491 e. The first-order valence-corrected chi connectivity index (χ1v) is 11.2. The molecule has 3 aromatic carbocycles. The van der Waals surface area contributed by atoms with Crippen LogP contribution in [0.5, 0.6) is 5.75 Å². The summed E-state index contributed by atoms with van der Waals surface area (Å²) >= 11 is 0. The average molecular weight is 538 g/mol. The minimum atomic E-state index is -6.09. The van der Waals surface area contributed by atoms with Crippen molar-refractivity contribution in [3.8, 4) is 11.4 Å². The molecule has 0 aliphatic carbocycles. The first-order valence-electron chi connectivity index (χ1n) is 11.2. The van der Waals surface area contributed by atoms with Gasteiger partial charge in [-0.2, -0.15) is 26.3 Å². The summed E-state index contributed by atoms with van der Waals surface area (Å²) in [4.78, 5) is 18.1. The van der Waals surface area contributed by atoms with Gasteiger partial charge in [0.05, 0.1) is 23.2 Å². The molecule has 0 atom stereocenters. The number of hydrogen-bond acceptors (Lipinski definition) is 5. The second-order valence-electron chi connectivity index (χ2n) is 8.34. The summed E-state index contributed by atoms with van der Waals surface area (Å²) in [6.07, 6.45) is -12.2. The fraction of sp³-hybridized carbons (Fsp3) is 0.231. The molecule has 12 heteroatoms. The lowest BCUT2D eigenvalue weighted by Crippen LogP contribution is -2.54. The number of hydrogen-bond donors (Lipinski definition) is 2. The first-order chi connectivity index (χ1) is 17.9. The van der Waals surface area contributed by atoms with Crippen molar-refractivity contribution in [2.45, 2.75) is 24.4 Å². The van der Waals surface area contributed by atoms with Crippen LogP contribution < -0.4 is 10.3 Å². The van der Waals surface area contributed by atoms with Crippen LogP contribution in [-0.2, 0) is 12.0 Å². The highest BCUT2D eigenvalue weighted by atomic mass is 19.4. The van der Waals surface area contributed by atoms with Crippen molar-refractivity contribution in [1.29, 1.82) is 0 Å². The molecule has 0 aliphatic rings. The van der Waals surface area contributed by atoms with Gasteiger partial charge in [-0.3, -0.25) is 9.36 Å². The van der Waals surface area contributed by atoms with E-state index in [9.17, 15) is 36.2 Å². The molecule has 4 aromatic rings. The van der Waals surface area contributed by atoms with Crippen molar-refractivity contribution in [3.05, 3.63) is 100 Å². The Morgan fingerprint density at radius 2 is 1.55 bits per heavy atom. The number of fused-ring (bicyclic) bond motifs is 1. The monoisotopic (exact) mass is 538 g/mol. The Morgan fingerprint density at radius 3 is 2.18 bits per heavy atom. The molecule has 0 amide bonds. The SMILES string of the molecule is O=c1c2cc(OCCO)ccc2nc(Cc2ccccc2)n1-c1cccc(C(O)(C(F)(F)F)C(F)(F)F)c1. The molecule has 0 saturated heterocycles. The van der Waals surface area contributed by atoms with Gasteiger partial charge in [0.25, 0.3) is 11.2 Å². The van der Waals surface area contributed by atoms with Gasteiger partial charge in [-0.15, -0.1) is 0 Å². The lowest BCUT2D eigenvalue weighted by atomic mass is 9.92. The van der Waals surface area contributed by atoms with Gasteiger partial charge in [0.15, 0.2) is 0 Å². The Balaban J connectivity index is 1.97. The number of aromatic nitrogens is 2. The van der Waals surface area contributed by atoms with E-state index in [1.54, 1.807) is 30.3 Å². The predicted octanol–water partition coefficient (Wildman–Crippen LogP) is 4.66. The van der Waals surface area contributed by atoms with Crippen molar-refractivity contribution < 1.29 is 41.3 Å². The average Bonchev–Trinajstić information content (AvgIpc) is 2.86. The van der Waals surface area contributed by atoms with Gasteiger partial charge in [-0.25, -0.2) is 4.98 Å². The number of nitrogens with zero attached hydrogens (tertiary/aromatic N) is 2. The Bertz CT molecular complexity index is 1490. The van der Waals surface area contributed by atoms with Gasteiger partial charge >= 0.3 is 12.4 Å². The van der Waals surface area contributed by atoms with Gasteiger partial charge < -0.3 is 14.9 Å². The number of halogens is 6. The van der Waals surface area contributed by atoms with Crippen LogP contribution in [0.15, 0.2) is 77.6 Å². The van der Waals surface area contributed by atoms with Gasteiger partial charge in [0, 0.05) is 12.0 Å². The van der Waals surface area contributed by atoms with Crippen LogP contribution in [0.4, 0.5) is 26.3 Å². The summed E-state index contributed by atoms with van der Waals surface area (Å²) in [6, 6.07) is 15.9. The van der Waals surface area contributed by atoms with E-state index in [0.717, 1.165) is 16.7 Å². The van der Waals surface area contributed by atoms with Crippen LogP contribution in [0.2, 0.25) is 0 Å². The molecular weight excluding hydrogens is 518 g/mol. The second kappa shape index (κ2) is 10.1. The number of ether oxygens (including phenoxy) is 1. The quantitative estimate of drug-likeness (QED) is 0.335. The van der Waals surface area contributed by atoms with Crippen molar-refractivity contribution in [1.82, 2.24) is 9.55 Å². The number of rotatable bonds is 7. The minimum absolute atomic E-state index is 0.0157. The maximum absolute atomic E-state index is 13.6. The van der Waals surface area contributed by atoms with E-state index in [0.29, 0.717) is 17.7 Å². The highest BCUT2D eigenvalue weighted by molar-refractivity contribution is 5.79. The number of benzene rings is 3. The summed E-state index contributed by atoms with van der Waals surface area (Å²) in [5, 5.41) is 18.9. The van der Waals surface area contributed by atoms with Crippen LogP contribution in [0.1, 0.15) is 17.0 Å². The zero-order valence-corrected chi connectivity index (χ0v) is 19.4. The van der Waals surface area contributed by atoms with E-state index in [1.165, 1.54) is 18.2 Å². The first kappa shape index (κ1) is 27.1. The maximum atomic E-state index is 13.6. The van der Waals surface area contributed by atoms with E-state index >= 15 is 0 Å². The standard InChI is InChI=1S/C26H20F6N2O4/c27-25(28,29)24(37,26(30,31)32)17-7-4-8-18(14-17)34-22(13-16-5-2-1-3-6-16)33-21-10-9-19(38-12-11-35)15-20(21)23(34)36/h1-10,14-15,35,37H,11-13H2. The summed E-state index contributed by atoms with van der Waals surface area (Å²) in [5.41, 5.74) is -6.93. The lowest BCUT2D eigenvalue weighted by molar-refractivity contribution is -0.376. The van der Waals surface area contributed by atoms with Crippen LogP contribution in [0.25, 0.3) is 16.6 Å². The fourth-order valence-electron chi connectivity index (χ4n) is 3.99. The molecule has 0 unspecified atom stereocenters. The highest BCUT2D eigenvalue weighted by Gasteiger charge is 2.71. The summed E-state index contributed by atoms with van der Waals surface area (Å²) in [7, 11) is 0. The Kier molecular flexibility index (Phi) is 7.22. The van der Waals surface area contributed by atoms with Gasteiger partial charge in [0.2, 0.25) is 0 Å². The fourth-order valence-corrected chi connectivity index (χ4v) is 3.99. The van der Waals surface area contributed by atoms with Crippen LogP contribution in [0, 0.1) is 0 Å². The topological polar surface area (TPSA) is 84.6 Å². The largest absolute Gasteiger partial charge is 0.491 e. The molecule has 0 bridgehead atoms. The normalized spacial score (nSPS) is 12.6. The third-order valence-electron chi connectivity index (χ3n) is 5.82. The van der Waals surface area contributed by atoms with Crippen molar-refractivity contribution in [2.75, 3.05) is 13.2 Å². The number of aliphatic hydroxyl groups excluding tert-OH is 1. The van der Waals surface area contributed by atoms with E-state index in [4.69, 9.17) is 9.84 Å². The smallest absolute Gasteiger partial charge is 0.430 e. The molecule has 0 spiro atoms. The number of alkyl halides is 6. The molecule has 200 valence electrons. The molecular formula is C26H20F6N2O4. The second-order valence-corrected chi connectivity index (χ2v) is 8.34. The molecule has 0 aliphatic heterocycles. The lowest BCUT2D eigenvalue weighted by Gasteiger charge is -2.33. The van der Waals surface area contributed by atoms with Crippen LogP contribution in [0.3, 0.4) is 0 Å². The molecule has 38 heavy (non-hydrogen) atoms. The van der Waals surface area contributed by atoms with Crippen molar-refractivity contribution in [3.63, 3.8) is 0 Å². The summed E-state index contributed by atoms with van der Waals surface area (Å²) in [5.74, 6) is 0.238. The zero-order valence-electron chi connectivity index (χ0n) is 19.4. The van der Waals surface area contributed by atoms with E-state index in [-0.39, 0.29) is 47.8 Å². The predicted molar refractivity (Wildman–Crippen MR) is 125 cm³/mol. The maximum Gasteiger partial charge on any atom is 0.430 e. The molecule has 0 fully saturated rings. The number of aliphatic hydroxyl groups is 2. The van der Waals surface area contributed by atoms with Crippen LogP contribution in [-0.4, -0.2) is 45.3 Å². The van der Waals surface area contributed by atoms with E-state index in [2.05, 4.69) is 4.98 Å². The van der Waals surface area contributed by atoms with Crippen LogP contribution >= 0.6 is 0 Å². The Morgan fingerprint density at radius 1 is 0.868 bits per heavy atom. The molecule has 0 radical (unpaired) electrons. The van der Waals surface area contributed by atoms with Crippen molar-refractivity contribution in [2.24, 2.45) is 0 Å². The highest BCUT2D eigenvalue weighted by Crippen LogP contribution is 2.50. The van der Waals surface area contributed by atoms with Gasteiger partial charge in [0.1, 0.15) is 18.2 Å². The van der Waals surface area contributed by atoms with Gasteiger partial charge in [-0.05, 0) is 35.9 Å². The third-order valence-corrected chi connectivity index (χ3v) is 5.82. The molecule has 0 saturated carbocycles. The zero-order chi connectivity index (χ0) is 27.7. The van der Waals surface area contributed by atoms with Gasteiger partial charge in [-0.1, -0.05) is 42.5 Å². The molecule has 1 heterocycles. The molecule has 4 rings (SSSR count). The molecule has 2 N–H and O–H groups in total. The van der Waals surface area contributed by atoms with Crippen molar-refractivity contribution >= 4 is 10.9 Å². The molecule has 6 nitrogen and oxygen atoms in total. The summed E-state index contributed by atoms with van der Waals surface area (Å²) in [6.45, 7) is -0.376. The summed E-state index contributed by atoms with van der Waals surface area (Å²) < 4.78 is 87.5. The molecule has 1 aromatic heterocycles. The third kappa shape index (κ3) is 4.96. The Labute approximate surface area is 211 Å². The van der Waals surface area contributed by atoms with E-state index < -0.39 is 29.1 Å².